The highest BCUT2D eigenvalue weighted by molar-refractivity contribution is 4.77. The highest BCUT2D eigenvalue weighted by atomic mass is 16.6. The highest BCUT2D eigenvalue weighted by Crippen LogP contribution is 2.33. The normalized spacial score (nSPS) is 29.3. The maximum absolute atomic E-state index is 10.2. The zero-order valence-corrected chi connectivity index (χ0v) is 8.30. The van der Waals surface area contributed by atoms with Gasteiger partial charge in [0.05, 0.1) is 6.10 Å². The van der Waals surface area contributed by atoms with Gasteiger partial charge in [-0.1, -0.05) is 12.8 Å². The minimum Gasteiger partial charge on any atom is -0.365 e. The lowest BCUT2D eigenvalue weighted by molar-refractivity contribution is -0.249. The Balaban J connectivity index is 1.84. The van der Waals surface area contributed by atoms with E-state index in [2.05, 4.69) is 0 Å². The van der Waals surface area contributed by atoms with Crippen LogP contribution in [-0.2, 0) is 4.74 Å². The van der Waals surface area contributed by atoms with E-state index >= 15 is 0 Å². The molecule has 2 saturated carbocycles. The van der Waals surface area contributed by atoms with Crippen molar-refractivity contribution < 1.29 is 9.84 Å². The second-order valence-electron chi connectivity index (χ2n) is 4.53. The molecule has 0 saturated heterocycles. The van der Waals surface area contributed by atoms with Crippen LogP contribution in [0.4, 0.5) is 0 Å². The van der Waals surface area contributed by atoms with Crippen molar-refractivity contribution in [3.63, 3.8) is 0 Å². The van der Waals surface area contributed by atoms with Crippen molar-refractivity contribution >= 4 is 0 Å². The molecule has 0 atom stereocenters. The third-order valence-corrected chi connectivity index (χ3v) is 3.32. The highest BCUT2D eigenvalue weighted by Gasteiger charge is 2.33. The molecule has 13 heavy (non-hydrogen) atoms. The van der Waals surface area contributed by atoms with E-state index in [4.69, 9.17) is 4.74 Å². The van der Waals surface area contributed by atoms with Gasteiger partial charge in [-0.3, -0.25) is 0 Å². The van der Waals surface area contributed by atoms with Gasteiger partial charge in [0.1, 0.15) is 0 Å². The van der Waals surface area contributed by atoms with Gasteiger partial charge in [0.25, 0.3) is 0 Å². The third-order valence-electron chi connectivity index (χ3n) is 3.32. The van der Waals surface area contributed by atoms with Gasteiger partial charge in [-0.25, -0.2) is 0 Å². The lowest BCUT2D eigenvalue weighted by atomic mass is 9.95. The second-order valence-corrected chi connectivity index (χ2v) is 4.53. The van der Waals surface area contributed by atoms with Crippen LogP contribution in [-0.4, -0.2) is 17.0 Å². The first-order chi connectivity index (χ1) is 6.29. The molecule has 0 aromatic rings. The molecule has 0 radical (unpaired) electrons. The summed E-state index contributed by atoms with van der Waals surface area (Å²) in [7, 11) is 0. The van der Waals surface area contributed by atoms with Crippen molar-refractivity contribution in [1.29, 1.82) is 0 Å². The van der Waals surface area contributed by atoms with Crippen molar-refractivity contribution in [3.05, 3.63) is 0 Å². The third kappa shape index (κ3) is 2.44. The van der Waals surface area contributed by atoms with Crippen LogP contribution in [0.25, 0.3) is 0 Å². The molecule has 0 heterocycles. The number of ether oxygens (including phenoxy) is 1. The van der Waals surface area contributed by atoms with E-state index in [1.54, 1.807) is 0 Å². The standard InChI is InChI=1S/C11H20O2/c12-11(13-10-6-5-7-10)8-3-1-2-4-9-11/h10,12H,1-9H2. The lowest BCUT2D eigenvalue weighted by Crippen LogP contribution is -2.38. The zero-order chi connectivity index (χ0) is 9.15. The summed E-state index contributed by atoms with van der Waals surface area (Å²) in [4.78, 5) is 0. The summed E-state index contributed by atoms with van der Waals surface area (Å²) in [6, 6.07) is 0. The molecule has 0 unspecified atom stereocenters. The van der Waals surface area contributed by atoms with E-state index < -0.39 is 5.79 Å². The van der Waals surface area contributed by atoms with Gasteiger partial charge in [0.2, 0.25) is 0 Å². The van der Waals surface area contributed by atoms with Gasteiger partial charge < -0.3 is 9.84 Å². The topological polar surface area (TPSA) is 29.5 Å². The van der Waals surface area contributed by atoms with Crippen LogP contribution in [0.1, 0.15) is 57.8 Å². The SMILES string of the molecule is OC1(OC2CCC2)CCCCCC1. The minimum absolute atomic E-state index is 0.364. The first-order valence-electron chi connectivity index (χ1n) is 5.69. The van der Waals surface area contributed by atoms with Crippen LogP contribution in [0.2, 0.25) is 0 Å². The Bertz CT molecular complexity index is 155. The molecule has 2 aliphatic rings. The molecule has 0 spiro atoms. The second kappa shape index (κ2) is 3.97. The van der Waals surface area contributed by atoms with Gasteiger partial charge >= 0.3 is 0 Å². The predicted octanol–water partition coefficient (Wildman–Crippen LogP) is 2.60. The van der Waals surface area contributed by atoms with E-state index in [1.165, 1.54) is 19.3 Å². The van der Waals surface area contributed by atoms with Crippen LogP contribution in [0.3, 0.4) is 0 Å². The molecule has 0 aromatic heterocycles. The van der Waals surface area contributed by atoms with Crippen LogP contribution in [0.15, 0.2) is 0 Å². The molecule has 2 rings (SSSR count). The van der Waals surface area contributed by atoms with Crippen molar-refractivity contribution in [2.45, 2.75) is 69.7 Å². The predicted molar refractivity (Wildman–Crippen MR) is 51.4 cm³/mol. The molecular weight excluding hydrogens is 164 g/mol. The van der Waals surface area contributed by atoms with Gasteiger partial charge in [0, 0.05) is 12.8 Å². The average molecular weight is 184 g/mol. The quantitative estimate of drug-likeness (QED) is 0.528. The summed E-state index contributed by atoms with van der Waals surface area (Å²) in [5.41, 5.74) is 0. The maximum Gasteiger partial charge on any atom is 0.165 e. The first-order valence-corrected chi connectivity index (χ1v) is 5.69. The molecule has 0 aliphatic heterocycles. The van der Waals surface area contributed by atoms with Crippen molar-refractivity contribution in [2.75, 3.05) is 0 Å². The number of aliphatic hydroxyl groups is 1. The fourth-order valence-corrected chi connectivity index (χ4v) is 2.20. The van der Waals surface area contributed by atoms with Crippen molar-refractivity contribution in [3.8, 4) is 0 Å². The van der Waals surface area contributed by atoms with E-state index in [0.717, 1.165) is 38.5 Å². The lowest BCUT2D eigenvalue weighted by Gasteiger charge is -2.36. The van der Waals surface area contributed by atoms with Crippen LogP contribution >= 0.6 is 0 Å². The Labute approximate surface area is 80.3 Å². The van der Waals surface area contributed by atoms with Gasteiger partial charge in [-0.2, -0.15) is 0 Å². The smallest absolute Gasteiger partial charge is 0.165 e. The molecule has 2 aliphatic carbocycles. The van der Waals surface area contributed by atoms with Crippen LogP contribution < -0.4 is 0 Å². The van der Waals surface area contributed by atoms with E-state index in [9.17, 15) is 5.11 Å². The van der Waals surface area contributed by atoms with Crippen molar-refractivity contribution in [1.82, 2.24) is 0 Å². The molecule has 2 fully saturated rings. The Morgan fingerprint density at radius 3 is 2.00 bits per heavy atom. The Kier molecular flexibility index (Phi) is 2.89. The Morgan fingerprint density at radius 2 is 1.54 bits per heavy atom. The van der Waals surface area contributed by atoms with Crippen molar-refractivity contribution in [2.24, 2.45) is 0 Å². The molecule has 2 heteroatoms. The fraction of sp³-hybridized carbons (Fsp3) is 1.00. The maximum atomic E-state index is 10.2. The molecule has 0 amide bonds. The first kappa shape index (κ1) is 9.47. The molecular formula is C11H20O2. The van der Waals surface area contributed by atoms with Crippen LogP contribution in [0, 0.1) is 0 Å². The van der Waals surface area contributed by atoms with E-state index in [0.29, 0.717) is 6.10 Å². The monoisotopic (exact) mass is 184 g/mol. The molecule has 0 aromatic carbocycles. The van der Waals surface area contributed by atoms with Crippen LogP contribution in [0.5, 0.6) is 0 Å². The van der Waals surface area contributed by atoms with Gasteiger partial charge in [0.15, 0.2) is 5.79 Å². The molecule has 76 valence electrons. The molecule has 2 nitrogen and oxygen atoms in total. The summed E-state index contributed by atoms with van der Waals surface area (Å²) in [5.74, 6) is -0.762. The Morgan fingerprint density at radius 1 is 0.923 bits per heavy atom. The zero-order valence-electron chi connectivity index (χ0n) is 8.30. The average Bonchev–Trinajstić information content (AvgIpc) is 2.24. The summed E-state index contributed by atoms with van der Waals surface area (Å²) >= 11 is 0. The molecule has 1 N–H and O–H groups in total. The molecule has 0 bridgehead atoms. The van der Waals surface area contributed by atoms with Gasteiger partial charge in [-0.15, -0.1) is 0 Å². The van der Waals surface area contributed by atoms with E-state index in [1.807, 2.05) is 0 Å². The minimum atomic E-state index is -0.762. The van der Waals surface area contributed by atoms with E-state index in [-0.39, 0.29) is 0 Å². The summed E-state index contributed by atoms with van der Waals surface area (Å²) in [5, 5.41) is 10.2. The number of rotatable bonds is 2. The fourth-order valence-electron chi connectivity index (χ4n) is 2.20. The Hall–Kier alpha value is -0.0800. The summed E-state index contributed by atoms with van der Waals surface area (Å²) in [6.07, 6.45) is 10.4. The number of hydrogen-bond acceptors (Lipinski definition) is 2. The largest absolute Gasteiger partial charge is 0.365 e. The summed E-state index contributed by atoms with van der Waals surface area (Å²) in [6.45, 7) is 0. The summed E-state index contributed by atoms with van der Waals surface area (Å²) < 4.78 is 5.75. The number of hydrogen-bond donors (Lipinski definition) is 1. The van der Waals surface area contributed by atoms with Gasteiger partial charge in [-0.05, 0) is 32.1 Å².